The van der Waals surface area contributed by atoms with E-state index in [0.29, 0.717) is 24.5 Å². The van der Waals surface area contributed by atoms with E-state index in [1.807, 2.05) is 87.7 Å². The lowest BCUT2D eigenvalue weighted by Crippen LogP contribution is -2.17. The van der Waals surface area contributed by atoms with Crippen LogP contribution >= 0.6 is 0 Å². The number of nitrogens with two attached hydrogens (primary N) is 1. The van der Waals surface area contributed by atoms with Crippen LogP contribution < -0.4 is 20.5 Å². The molecule has 0 aliphatic heterocycles. The second kappa shape index (κ2) is 12.2. The first-order chi connectivity index (χ1) is 15.2. The number of anilines is 1. The number of rotatable bonds is 8. The van der Waals surface area contributed by atoms with Crippen LogP contribution in [0.3, 0.4) is 0 Å². The lowest BCUT2D eigenvalue weighted by Gasteiger charge is -2.19. The summed E-state index contributed by atoms with van der Waals surface area (Å²) >= 11 is 0. The molecule has 172 valence electrons. The molecular formula is C24H32N4O3S. The molecule has 7 nitrogen and oxygen atoms in total. The number of nitrogens with zero attached hydrogens (tertiary/aromatic N) is 1. The number of primary sulfonamides is 1. The maximum Gasteiger partial charge on any atom is 0.241 e. The number of para-hydroxylation sites is 1. The highest BCUT2D eigenvalue weighted by molar-refractivity contribution is 7.89. The van der Waals surface area contributed by atoms with E-state index < -0.39 is 10.0 Å². The average molecular weight is 457 g/mol. The van der Waals surface area contributed by atoms with Crippen LogP contribution in [0.25, 0.3) is 0 Å². The maximum atomic E-state index is 12.4. The summed E-state index contributed by atoms with van der Waals surface area (Å²) < 4.78 is 30.7. The van der Waals surface area contributed by atoms with Gasteiger partial charge in [-0.2, -0.15) is 0 Å². The monoisotopic (exact) mass is 456 g/mol. The van der Waals surface area contributed by atoms with E-state index in [-0.39, 0.29) is 10.6 Å². The quantitative estimate of drug-likeness (QED) is 0.479. The molecular weight excluding hydrogens is 424 g/mol. The molecule has 0 spiro atoms. The molecule has 0 aliphatic carbocycles. The summed E-state index contributed by atoms with van der Waals surface area (Å²) in [5, 5.41) is 11.6. The Kier molecular flexibility index (Phi) is 9.67. The van der Waals surface area contributed by atoms with Crippen LogP contribution in [0.1, 0.15) is 11.1 Å². The van der Waals surface area contributed by atoms with Gasteiger partial charge in [0.2, 0.25) is 10.0 Å². The van der Waals surface area contributed by atoms with E-state index in [0.717, 1.165) is 11.1 Å². The van der Waals surface area contributed by atoms with Crippen molar-refractivity contribution in [1.82, 2.24) is 10.2 Å². The van der Waals surface area contributed by atoms with Crippen molar-refractivity contribution >= 4 is 15.7 Å². The molecule has 0 atom stereocenters. The van der Waals surface area contributed by atoms with E-state index in [1.165, 1.54) is 0 Å². The first-order valence-corrected chi connectivity index (χ1v) is 11.7. The summed E-state index contributed by atoms with van der Waals surface area (Å²) in [4.78, 5) is 1.91. The van der Waals surface area contributed by atoms with E-state index in [1.54, 1.807) is 18.2 Å². The summed E-state index contributed by atoms with van der Waals surface area (Å²) in [6.45, 7) is 1.08. The number of ether oxygens (including phenoxy) is 1. The van der Waals surface area contributed by atoms with Crippen molar-refractivity contribution in [3.05, 3.63) is 83.9 Å². The molecule has 0 radical (unpaired) electrons. The Labute approximate surface area is 191 Å². The molecule has 0 fully saturated rings. The molecule has 0 amide bonds. The lowest BCUT2D eigenvalue weighted by molar-refractivity contribution is 0.401. The van der Waals surface area contributed by atoms with Gasteiger partial charge in [0.05, 0.1) is 5.69 Å². The van der Waals surface area contributed by atoms with Gasteiger partial charge in [0.1, 0.15) is 10.6 Å². The SMILES string of the molecule is CN(C)Cc1cc(NCc2ccccc2)c(Oc2ccccc2)c(S(N)(=O)=O)c1.CNC. The third-order valence-electron chi connectivity index (χ3n) is 4.21. The van der Waals surface area contributed by atoms with Crippen molar-refractivity contribution in [2.75, 3.05) is 33.5 Å². The van der Waals surface area contributed by atoms with Gasteiger partial charge in [-0.25, -0.2) is 13.6 Å². The van der Waals surface area contributed by atoms with Crippen molar-refractivity contribution < 1.29 is 13.2 Å². The fourth-order valence-corrected chi connectivity index (χ4v) is 3.69. The summed E-state index contributed by atoms with van der Waals surface area (Å²) in [5.74, 6) is 0.720. The van der Waals surface area contributed by atoms with Crippen molar-refractivity contribution in [2.45, 2.75) is 18.0 Å². The van der Waals surface area contributed by atoms with Gasteiger partial charge in [-0.15, -0.1) is 0 Å². The Hall–Kier alpha value is -2.91. The summed E-state index contributed by atoms with van der Waals surface area (Å²) in [6.07, 6.45) is 0. The Morgan fingerprint density at radius 1 is 0.906 bits per heavy atom. The van der Waals surface area contributed by atoms with Gasteiger partial charge in [-0.3, -0.25) is 0 Å². The van der Waals surface area contributed by atoms with Crippen molar-refractivity contribution in [3.8, 4) is 11.5 Å². The van der Waals surface area contributed by atoms with Gasteiger partial charge in [-0.1, -0.05) is 48.5 Å². The van der Waals surface area contributed by atoms with E-state index in [4.69, 9.17) is 9.88 Å². The normalized spacial score (nSPS) is 10.9. The standard InChI is InChI=1S/C22H25N3O3S.C2H7N/c1-25(2)16-18-13-20(24-15-17-9-5-3-6-10-17)22(21(14-18)29(23,26)27)28-19-11-7-4-8-12-19;1-3-2/h3-14,24H,15-16H2,1-2H3,(H2,23,26,27);3H,1-2H3. The fraction of sp³-hybridized carbons (Fsp3) is 0.250. The van der Waals surface area contributed by atoms with Gasteiger partial charge in [0.25, 0.3) is 0 Å². The number of benzene rings is 3. The topological polar surface area (TPSA) is 96.7 Å². The van der Waals surface area contributed by atoms with Crippen LogP contribution in [-0.2, 0) is 23.1 Å². The zero-order chi connectivity index (χ0) is 23.6. The summed E-state index contributed by atoms with van der Waals surface area (Å²) in [6, 6.07) is 22.4. The van der Waals surface area contributed by atoms with E-state index >= 15 is 0 Å². The minimum absolute atomic E-state index is 0.0451. The first kappa shape index (κ1) is 25.4. The average Bonchev–Trinajstić information content (AvgIpc) is 2.74. The Balaban J connectivity index is 0.00000114. The van der Waals surface area contributed by atoms with Gasteiger partial charge in [0, 0.05) is 13.1 Å². The smallest absolute Gasteiger partial charge is 0.241 e. The number of hydrogen-bond acceptors (Lipinski definition) is 6. The van der Waals surface area contributed by atoms with E-state index in [2.05, 4.69) is 10.6 Å². The van der Waals surface area contributed by atoms with Crippen LogP contribution in [0.5, 0.6) is 11.5 Å². The van der Waals surface area contributed by atoms with Gasteiger partial charge < -0.3 is 20.3 Å². The highest BCUT2D eigenvalue weighted by Crippen LogP contribution is 2.37. The number of sulfonamides is 1. The fourth-order valence-electron chi connectivity index (χ4n) is 2.96. The van der Waals surface area contributed by atoms with Crippen molar-refractivity contribution in [1.29, 1.82) is 0 Å². The summed E-state index contributed by atoms with van der Waals surface area (Å²) in [7, 11) is 3.59. The van der Waals surface area contributed by atoms with Crippen molar-refractivity contribution in [2.24, 2.45) is 5.14 Å². The van der Waals surface area contributed by atoms with Crippen LogP contribution in [0.15, 0.2) is 77.7 Å². The Morgan fingerprint density at radius 2 is 1.47 bits per heavy atom. The number of nitrogens with one attached hydrogen (secondary N) is 2. The largest absolute Gasteiger partial charge is 0.454 e. The number of hydrogen-bond donors (Lipinski definition) is 3. The molecule has 0 unspecified atom stereocenters. The zero-order valence-corrected chi connectivity index (χ0v) is 19.8. The minimum Gasteiger partial charge on any atom is -0.454 e. The predicted octanol–water partition coefficient (Wildman–Crippen LogP) is 3.64. The molecule has 4 N–H and O–H groups in total. The zero-order valence-electron chi connectivity index (χ0n) is 19.0. The van der Waals surface area contributed by atoms with Crippen LogP contribution in [0.4, 0.5) is 5.69 Å². The third kappa shape index (κ3) is 7.97. The Bertz CT molecular complexity index is 1070. The Morgan fingerprint density at radius 3 is 2.00 bits per heavy atom. The van der Waals surface area contributed by atoms with Crippen molar-refractivity contribution in [3.63, 3.8) is 0 Å². The molecule has 3 aromatic carbocycles. The highest BCUT2D eigenvalue weighted by atomic mass is 32.2. The summed E-state index contributed by atoms with van der Waals surface area (Å²) in [5.41, 5.74) is 2.45. The van der Waals surface area contributed by atoms with E-state index in [9.17, 15) is 8.42 Å². The highest BCUT2D eigenvalue weighted by Gasteiger charge is 2.22. The molecule has 3 rings (SSSR count). The first-order valence-electron chi connectivity index (χ1n) is 10.2. The van der Waals surface area contributed by atoms with Gasteiger partial charge >= 0.3 is 0 Å². The molecule has 32 heavy (non-hydrogen) atoms. The third-order valence-corrected chi connectivity index (χ3v) is 5.13. The second-order valence-corrected chi connectivity index (χ2v) is 9.04. The molecule has 0 saturated heterocycles. The second-order valence-electron chi connectivity index (χ2n) is 7.51. The van der Waals surface area contributed by atoms with Crippen LogP contribution in [0.2, 0.25) is 0 Å². The minimum atomic E-state index is -4.00. The molecule has 0 bridgehead atoms. The van der Waals surface area contributed by atoms with Crippen LogP contribution in [0, 0.1) is 0 Å². The molecule has 8 heteroatoms. The maximum absolute atomic E-state index is 12.4. The molecule has 0 aromatic heterocycles. The molecule has 3 aromatic rings. The van der Waals surface area contributed by atoms with Gasteiger partial charge in [0.15, 0.2) is 5.75 Å². The predicted molar refractivity (Wildman–Crippen MR) is 130 cm³/mol. The van der Waals surface area contributed by atoms with Crippen LogP contribution in [-0.4, -0.2) is 41.5 Å². The lowest BCUT2D eigenvalue weighted by atomic mass is 10.1. The molecule has 0 heterocycles. The molecule has 0 aliphatic rings. The molecule has 0 saturated carbocycles. The van der Waals surface area contributed by atoms with Gasteiger partial charge in [-0.05, 0) is 63.6 Å².